The predicted molar refractivity (Wildman–Crippen MR) is 81.6 cm³/mol. The Bertz CT molecular complexity index is 672. The lowest BCUT2D eigenvalue weighted by Gasteiger charge is -2.10. The van der Waals surface area contributed by atoms with E-state index in [4.69, 9.17) is 4.74 Å². The number of nitrogens with one attached hydrogen (secondary N) is 1. The molecule has 112 valence electrons. The molecule has 0 amide bonds. The highest BCUT2D eigenvalue weighted by Crippen LogP contribution is 2.17. The fraction of sp³-hybridized carbons (Fsp3) is 0.267. The number of benzene rings is 1. The van der Waals surface area contributed by atoms with Crippen LogP contribution in [0.15, 0.2) is 48.7 Å². The topological polar surface area (TPSA) is 68.3 Å². The van der Waals surface area contributed by atoms with Crippen molar-refractivity contribution >= 4 is 10.0 Å². The molecule has 2 rings (SSSR count). The second-order valence-corrected chi connectivity index (χ2v) is 6.45. The minimum Gasteiger partial charge on any atom is -0.496 e. The fourth-order valence-electron chi connectivity index (χ4n) is 1.89. The molecule has 0 atom stereocenters. The molecule has 0 aliphatic carbocycles. The van der Waals surface area contributed by atoms with Crippen molar-refractivity contribution in [2.24, 2.45) is 0 Å². The van der Waals surface area contributed by atoms with E-state index in [1.165, 1.54) is 0 Å². The van der Waals surface area contributed by atoms with Crippen molar-refractivity contribution in [1.29, 1.82) is 0 Å². The maximum atomic E-state index is 12.0. The van der Waals surface area contributed by atoms with Crippen LogP contribution in [0.4, 0.5) is 0 Å². The van der Waals surface area contributed by atoms with Crippen LogP contribution in [-0.2, 0) is 23.0 Å². The van der Waals surface area contributed by atoms with Gasteiger partial charge in [0.15, 0.2) is 0 Å². The summed E-state index contributed by atoms with van der Waals surface area (Å²) >= 11 is 0. The van der Waals surface area contributed by atoms with Crippen molar-refractivity contribution in [1.82, 2.24) is 9.71 Å². The largest absolute Gasteiger partial charge is 0.496 e. The fourth-order valence-corrected chi connectivity index (χ4v) is 2.89. The number of ether oxygens (including phenoxy) is 1. The maximum Gasteiger partial charge on any atom is 0.212 e. The third kappa shape index (κ3) is 4.84. The number of pyridine rings is 1. The molecule has 0 radical (unpaired) electrons. The second kappa shape index (κ2) is 7.19. The van der Waals surface area contributed by atoms with E-state index in [0.717, 1.165) is 11.3 Å². The van der Waals surface area contributed by atoms with Gasteiger partial charge < -0.3 is 4.74 Å². The van der Waals surface area contributed by atoms with Crippen LogP contribution in [-0.4, -0.2) is 26.3 Å². The highest BCUT2D eigenvalue weighted by molar-refractivity contribution is 7.89. The van der Waals surface area contributed by atoms with Crippen molar-refractivity contribution in [3.05, 3.63) is 59.9 Å². The van der Waals surface area contributed by atoms with Crippen LogP contribution in [0.5, 0.6) is 5.75 Å². The minimum absolute atomic E-state index is 0.0131. The van der Waals surface area contributed by atoms with E-state index in [0.29, 0.717) is 12.2 Å². The van der Waals surface area contributed by atoms with E-state index >= 15 is 0 Å². The Balaban J connectivity index is 1.92. The Morgan fingerprint density at radius 1 is 1.14 bits per heavy atom. The molecule has 0 spiro atoms. The summed E-state index contributed by atoms with van der Waals surface area (Å²) in [6, 6.07) is 12.8. The predicted octanol–water partition coefficient (Wildman–Crippen LogP) is 1.75. The molecule has 0 bridgehead atoms. The molecular weight excluding hydrogens is 288 g/mol. The molecule has 1 aromatic carbocycles. The van der Waals surface area contributed by atoms with Crippen LogP contribution in [0.1, 0.15) is 11.3 Å². The van der Waals surface area contributed by atoms with Crippen LogP contribution in [0.25, 0.3) is 0 Å². The average Bonchev–Trinajstić information content (AvgIpc) is 2.52. The summed E-state index contributed by atoms with van der Waals surface area (Å²) in [6.07, 6.45) is 2.05. The Labute approximate surface area is 125 Å². The zero-order valence-electron chi connectivity index (χ0n) is 11.8. The molecular formula is C15H18N2O3S. The maximum absolute atomic E-state index is 12.0. The SMILES string of the molecule is COc1ccccc1CNS(=O)(=O)CCc1ccccn1. The van der Waals surface area contributed by atoms with Crippen molar-refractivity contribution < 1.29 is 13.2 Å². The van der Waals surface area contributed by atoms with Gasteiger partial charge >= 0.3 is 0 Å². The number of sulfonamides is 1. The summed E-state index contributed by atoms with van der Waals surface area (Å²) in [5.74, 6) is 0.684. The molecule has 0 fully saturated rings. The van der Waals surface area contributed by atoms with Crippen molar-refractivity contribution in [2.45, 2.75) is 13.0 Å². The molecule has 6 heteroatoms. The first-order valence-corrected chi connectivity index (χ1v) is 8.25. The molecule has 2 aromatic rings. The van der Waals surface area contributed by atoms with Gasteiger partial charge in [-0.25, -0.2) is 13.1 Å². The average molecular weight is 306 g/mol. The number of hydrogen-bond acceptors (Lipinski definition) is 4. The molecule has 1 N–H and O–H groups in total. The molecule has 1 heterocycles. The standard InChI is InChI=1S/C15H18N2O3S/c1-20-15-8-3-2-6-13(15)12-17-21(18,19)11-9-14-7-4-5-10-16-14/h2-8,10,17H,9,11-12H2,1H3. The van der Waals surface area contributed by atoms with Gasteiger partial charge in [-0.2, -0.15) is 0 Å². The van der Waals surface area contributed by atoms with Crippen molar-refractivity contribution in [3.63, 3.8) is 0 Å². The molecule has 0 unspecified atom stereocenters. The highest BCUT2D eigenvalue weighted by atomic mass is 32.2. The first-order valence-electron chi connectivity index (χ1n) is 6.60. The molecule has 0 aliphatic rings. The molecule has 1 aromatic heterocycles. The Morgan fingerprint density at radius 2 is 1.90 bits per heavy atom. The lowest BCUT2D eigenvalue weighted by Crippen LogP contribution is -2.27. The van der Waals surface area contributed by atoms with Gasteiger partial charge in [0.05, 0.1) is 12.9 Å². The van der Waals surface area contributed by atoms with Crippen LogP contribution in [0.3, 0.4) is 0 Å². The normalized spacial score (nSPS) is 11.3. The lowest BCUT2D eigenvalue weighted by atomic mass is 10.2. The second-order valence-electron chi connectivity index (χ2n) is 4.52. The summed E-state index contributed by atoms with van der Waals surface area (Å²) in [5, 5.41) is 0. The summed E-state index contributed by atoms with van der Waals surface area (Å²) in [5.41, 5.74) is 1.57. The third-order valence-corrected chi connectivity index (χ3v) is 4.35. The Hall–Kier alpha value is -1.92. The van der Waals surface area contributed by atoms with Gasteiger partial charge in [0.2, 0.25) is 10.0 Å². The molecule has 0 aliphatic heterocycles. The van der Waals surface area contributed by atoms with Crippen LogP contribution in [0.2, 0.25) is 0 Å². The minimum atomic E-state index is -3.35. The van der Waals surface area contributed by atoms with E-state index in [2.05, 4.69) is 9.71 Å². The van der Waals surface area contributed by atoms with Gasteiger partial charge in [-0.3, -0.25) is 4.98 Å². The van der Waals surface area contributed by atoms with Gasteiger partial charge in [-0.05, 0) is 18.2 Å². The van der Waals surface area contributed by atoms with Gasteiger partial charge in [0, 0.05) is 30.4 Å². The lowest BCUT2D eigenvalue weighted by molar-refractivity contribution is 0.409. The van der Waals surface area contributed by atoms with Crippen molar-refractivity contribution in [3.8, 4) is 5.75 Å². The smallest absolute Gasteiger partial charge is 0.212 e. The summed E-state index contributed by atoms with van der Waals surface area (Å²) < 4.78 is 31.8. The first-order chi connectivity index (χ1) is 10.1. The Kier molecular flexibility index (Phi) is 5.30. The number of methoxy groups -OCH3 is 1. The molecule has 21 heavy (non-hydrogen) atoms. The molecule has 0 saturated carbocycles. The van der Waals surface area contributed by atoms with E-state index in [9.17, 15) is 8.42 Å². The number of aromatic nitrogens is 1. The molecule has 5 nitrogen and oxygen atoms in total. The van der Waals surface area contributed by atoms with Gasteiger partial charge in [-0.15, -0.1) is 0 Å². The van der Waals surface area contributed by atoms with Crippen LogP contribution >= 0.6 is 0 Å². The van der Waals surface area contributed by atoms with Gasteiger partial charge in [0.1, 0.15) is 5.75 Å². The van der Waals surface area contributed by atoms with E-state index in [-0.39, 0.29) is 12.3 Å². The highest BCUT2D eigenvalue weighted by Gasteiger charge is 2.12. The number of rotatable bonds is 7. The first kappa shape index (κ1) is 15.5. The number of nitrogens with zero attached hydrogens (tertiary/aromatic N) is 1. The molecule has 0 saturated heterocycles. The van der Waals surface area contributed by atoms with E-state index < -0.39 is 10.0 Å². The van der Waals surface area contributed by atoms with Crippen molar-refractivity contribution in [2.75, 3.05) is 12.9 Å². The zero-order valence-corrected chi connectivity index (χ0v) is 12.6. The van der Waals surface area contributed by atoms with Gasteiger partial charge in [-0.1, -0.05) is 24.3 Å². The zero-order chi connectivity index (χ0) is 15.1. The monoisotopic (exact) mass is 306 g/mol. The van der Waals surface area contributed by atoms with E-state index in [1.54, 1.807) is 25.4 Å². The van der Waals surface area contributed by atoms with E-state index in [1.807, 2.05) is 30.3 Å². The van der Waals surface area contributed by atoms with Crippen LogP contribution < -0.4 is 9.46 Å². The number of aryl methyl sites for hydroxylation is 1. The summed E-state index contributed by atoms with van der Waals surface area (Å²) in [4.78, 5) is 4.12. The third-order valence-electron chi connectivity index (χ3n) is 3.03. The van der Waals surface area contributed by atoms with Gasteiger partial charge in [0.25, 0.3) is 0 Å². The quantitative estimate of drug-likeness (QED) is 0.846. The number of para-hydroxylation sites is 1. The summed E-state index contributed by atoms with van der Waals surface area (Å²) in [7, 11) is -1.78. The Morgan fingerprint density at radius 3 is 2.62 bits per heavy atom. The number of hydrogen-bond donors (Lipinski definition) is 1. The van der Waals surface area contributed by atoms with Crippen LogP contribution in [0, 0.1) is 0 Å². The summed E-state index contributed by atoms with van der Waals surface area (Å²) in [6.45, 7) is 0.217.